The van der Waals surface area contributed by atoms with Crippen LogP contribution in [0.25, 0.3) is 0 Å². The van der Waals surface area contributed by atoms with Crippen LogP contribution in [0.1, 0.15) is 6.92 Å². The molecule has 0 heterocycles. The first-order chi connectivity index (χ1) is 7.43. The van der Waals surface area contributed by atoms with Gasteiger partial charge in [-0.05, 0) is 31.2 Å². The van der Waals surface area contributed by atoms with E-state index in [4.69, 9.17) is 4.55 Å². The normalized spacial score (nSPS) is 10.2. The van der Waals surface area contributed by atoms with Gasteiger partial charge in [-0.2, -0.15) is 8.42 Å². The zero-order chi connectivity index (χ0) is 12.2. The molecule has 0 aliphatic rings. The van der Waals surface area contributed by atoms with Crippen molar-refractivity contribution in [2.45, 2.75) is 11.8 Å². The van der Waals surface area contributed by atoms with Gasteiger partial charge in [0.05, 0.1) is 4.90 Å². The molecule has 0 fully saturated rings. The van der Waals surface area contributed by atoms with Crippen LogP contribution in [-0.2, 0) is 10.1 Å². The predicted octanol–water partition coefficient (Wildman–Crippen LogP) is 0.426. The number of urea groups is 1. The standard InChI is InChI=1S/C9H12N2O4S.Na.H/c1-2-10-9(12)11-7-3-5-8(6-4-7)16(13,14)15;;/h3-6H,2H2,1H3,(H2,10,11,12)(H,13,14,15);;. The predicted molar refractivity (Wildman–Crippen MR) is 66.1 cm³/mol. The Bertz CT molecular complexity index is 472. The first kappa shape index (κ1) is 16.4. The summed E-state index contributed by atoms with van der Waals surface area (Å²) < 4.78 is 30.2. The number of hydrogen-bond donors (Lipinski definition) is 3. The van der Waals surface area contributed by atoms with Gasteiger partial charge < -0.3 is 10.6 Å². The van der Waals surface area contributed by atoms with E-state index in [9.17, 15) is 13.2 Å². The van der Waals surface area contributed by atoms with Gasteiger partial charge in [0.25, 0.3) is 10.1 Å². The van der Waals surface area contributed by atoms with Crippen LogP contribution < -0.4 is 10.6 Å². The minimum atomic E-state index is -4.19. The zero-order valence-electron chi connectivity index (χ0n) is 8.60. The number of amides is 2. The van der Waals surface area contributed by atoms with Crippen molar-refractivity contribution in [1.82, 2.24) is 5.32 Å². The van der Waals surface area contributed by atoms with E-state index < -0.39 is 10.1 Å². The Morgan fingerprint density at radius 3 is 2.24 bits per heavy atom. The molecule has 90 valence electrons. The Hall–Kier alpha value is -0.600. The monoisotopic (exact) mass is 268 g/mol. The first-order valence-corrected chi connectivity index (χ1v) is 6.00. The molecule has 0 spiro atoms. The molecule has 17 heavy (non-hydrogen) atoms. The molecule has 3 N–H and O–H groups in total. The number of carbonyl (C=O) groups is 1. The first-order valence-electron chi connectivity index (χ1n) is 4.56. The molecule has 0 aliphatic carbocycles. The molecule has 0 radical (unpaired) electrons. The Balaban J connectivity index is 0.00000256. The average Bonchev–Trinajstić information content (AvgIpc) is 2.17. The number of carbonyl (C=O) groups excluding carboxylic acids is 1. The maximum absolute atomic E-state index is 11.1. The van der Waals surface area contributed by atoms with Crippen molar-refractivity contribution < 1.29 is 17.8 Å². The molecule has 8 heteroatoms. The van der Waals surface area contributed by atoms with Crippen molar-refractivity contribution >= 4 is 51.4 Å². The average molecular weight is 268 g/mol. The molecule has 0 bridgehead atoms. The number of nitrogens with one attached hydrogen (secondary N) is 2. The van der Waals surface area contributed by atoms with Crippen LogP contribution in [0.15, 0.2) is 29.2 Å². The van der Waals surface area contributed by atoms with Gasteiger partial charge in [-0.3, -0.25) is 4.55 Å². The second kappa shape index (κ2) is 6.97. The van der Waals surface area contributed by atoms with E-state index in [1.807, 2.05) is 0 Å². The SMILES string of the molecule is CCNC(=O)Nc1ccc(S(=O)(=O)O)cc1.[NaH]. The molecule has 1 aromatic rings. The van der Waals surface area contributed by atoms with E-state index in [1.54, 1.807) is 6.92 Å². The van der Waals surface area contributed by atoms with Crippen LogP contribution in [0, 0.1) is 0 Å². The summed E-state index contributed by atoms with van der Waals surface area (Å²) in [5, 5.41) is 5.02. The Morgan fingerprint density at radius 2 is 1.82 bits per heavy atom. The van der Waals surface area contributed by atoms with Gasteiger partial charge >= 0.3 is 35.6 Å². The fourth-order valence-electron chi connectivity index (χ4n) is 1.05. The van der Waals surface area contributed by atoms with Gasteiger partial charge in [0.15, 0.2) is 0 Å². The van der Waals surface area contributed by atoms with Gasteiger partial charge in [-0.25, -0.2) is 4.79 Å². The summed E-state index contributed by atoms with van der Waals surface area (Å²) in [6.45, 7) is 2.27. The molecule has 0 aliphatic heterocycles. The van der Waals surface area contributed by atoms with E-state index in [0.717, 1.165) is 0 Å². The van der Waals surface area contributed by atoms with Crippen LogP contribution in [0.5, 0.6) is 0 Å². The fraction of sp³-hybridized carbons (Fsp3) is 0.222. The van der Waals surface area contributed by atoms with Crippen LogP contribution in [0.4, 0.5) is 10.5 Å². The molecule has 0 atom stereocenters. The van der Waals surface area contributed by atoms with Crippen molar-refractivity contribution in [1.29, 1.82) is 0 Å². The van der Waals surface area contributed by atoms with Crippen molar-refractivity contribution in [3.63, 3.8) is 0 Å². The van der Waals surface area contributed by atoms with Crippen molar-refractivity contribution in [3.05, 3.63) is 24.3 Å². The number of benzene rings is 1. The molecule has 0 aromatic heterocycles. The second-order valence-electron chi connectivity index (χ2n) is 2.98. The topological polar surface area (TPSA) is 95.5 Å². The van der Waals surface area contributed by atoms with Gasteiger partial charge in [-0.15, -0.1) is 0 Å². The van der Waals surface area contributed by atoms with Crippen molar-refractivity contribution in [2.75, 3.05) is 11.9 Å². The van der Waals surface area contributed by atoms with E-state index in [2.05, 4.69) is 10.6 Å². The molecule has 2 amide bonds. The van der Waals surface area contributed by atoms with Gasteiger partial charge in [0.2, 0.25) is 0 Å². The zero-order valence-corrected chi connectivity index (χ0v) is 9.41. The summed E-state index contributed by atoms with van der Waals surface area (Å²) in [7, 11) is -4.19. The maximum atomic E-state index is 11.1. The Kier molecular flexibility index (Phi) is 6.73. The summed E-state index contributed by atoms with van der Waals surface area (Å²) in [5.41, 5.74) is 0.443. The quantitative estimate of drug-likeness (QED) is 0.547. The summed E-state index contributed by atoms with van der Waals surface area (Å²) in [6.07, 6.45) is 0. The summed E-state index contributed by atoms with van der Waals surface area (Å²) in [6, 6.07) is 4.81. The fourth-order valence-corrected chi connectivity index (χ4v) is 1.53. The van der Waals surface area contributed by atoms with E-state index in [-0.39, 0.29) is 40.5 Å². The molecule has 0 saturated carbocycles. The summed E-state index contributed by atoms with van der Waals surface area (Å²) >= 11 is 0. The van der Waals surface area contributed by atoms with Crippen LogP contribution in [-0.4, -0.2) is 55.1 Å². The molecular weight excluding hydrogens is 255 g/mol. The molecule has 0 unspecified atom stereocenters. The third-order valence-electron chi connectivity index (χ3n) is 1.75. The number of rotatable bonds is 3. The van der Waals surface area contributed by atoms with Crippen LogP contribution >= 0.6 is 0 Å². The molecular formula is C9H13N2NaO4S. The van der Waals surface area contributed by atoms with Gasteiger partial charge in [-0.1, -0.05) is 0 Å². The van der Waals surface area contributed by atoms with Crippen molar-refractivity contribution in [3.8, 4) is 0 Å². The van der Waals surface area contributed by atoms with E-state index in [1.165, 1.54) is 24.3 Å². The van der Waals surface area contributed by atoms with E-state index in [0.29, 0.717) is 12.2 Å². The Labute approximate surface area is 122 Å². The molecule has 0 saturated heterocycles. The minimum absolute atomic E-state index is 0. The van der Waals surface area contributed by atoms with E-state index >= 15 is 0 Å². The third kappa shape index (κ3) is 5.51. The van der Waals surface area contributed by atoms with Crippen LogP contribution in [0.3, 0.4) is 0 Å². The van der Waals surface area contributed by atoms with Crippen LogP contribution in [0.2, 0.25) is 0 Å². The van der Waals surface area contributed by atoms with Gasteiger partial charge in [0.1, 0.15) is 0 Å². The summed E-state index contributed by atoms with van der Waals surface area (Å²) in [4.78, 5) is 10.9. The summed E-state index contributed by atoms with van der Waals surface area (Å²) in [5.74, 6) is 0. The molecule has 6 nitrogen and oxygen atoms in total. The number of anilines is 1. The van der Waals surface area contributed by atoms with Crippen molar-refractivity contribution in [2.24, 2.45) is 0 Å². The molecule has 1 aromatic carbocycles. The third-order valence-corrected chi connectivity index (χ3v) is 2.62. The second-order valence-corrected chi connectivity index (χ2v) is 4.41. The Morgan fingerprint density at radius 1 is 1.29 bits per heavy atom. The van der Waals surface area contributed by atoms with Gasteiger partial charge in [0, 0.05) is 12.2 Å². The molecule has 1 rings (SSSR count). The number of hydrogen-bond acceptors (Lipinski definition) is 3.